The van der Waals surface area contributed by atoms with E-state index in [0.29, 0.717) is 5.56 Å². The molecule has 0 aliphatic heterocycles. The van der Waals surface area contributed by atoms with E-state index in [1.54, 1.807) is 0 Å². The normalized spacial score (nSPS) is 12.2. The Morgan fingerprint density at radius 2 is 1.93 bits per heavy atom. The van der Waals surface area contributed by atoms with Gasteiger partial charge in [0.25, 0.3) is 0 Å². The molecule has 3 heteroatoms. The van der Waals surface area contributed by atoms with Gasteiger partial charge in [0.05, 0.1) is 24.3 Å². The summed E-state index contributed by atoms with van der Waals surface area (Å²) in [5.41, 5.74) is 9.08. The van der Waals surface area contributed by atoms with Crippen LogP contribution in [0.4, 0.5) is 0 Å². The molecule has 3 nitrogen and oxygen atoms in total. The van der Waals surface area contributed by atoms with Gasteiger partial charge >= 0.3 is 0 Å². The molecule has 0 saturated heterocycles. The molecule has 1 atom stereocenters. The van der Waals surface area contributed by atoms with Crippen LogP contribution in [0.1, 0.15) is 28.3 Å². The van der Waals surface area contributed by atoms with Gasteiger partial charge in [0.15, 0.2) is 0 Å². The minimum Gasteiger partial charge on any atom is -0.394 e. The van der Waals surface area contributed by atoms with Gasteiger partial charge in [0.1, 0.15) is 0 Å². The van der Waals surface area contributed by atoms with Crippen LogP contribution in [-0.4, -0.2) is 11.7 Å². The van der Waals surface area contributed by atoms with E-state index in [4.69, 9.17) is 16.1 Å². The zero-order valence-corrected chi connectivity index (χ0v) is 8.41. The Labute approximate surface area is 83.8 Å². The van der Waals surface area contributed by atoms with Crippen LogP contribution in [0, 0.1) is 25.2 Å². The van der Waals surface area contributed by atoms with E-state index in [9.17, 15) is 0 Å². The first kappa shape index (κ1) is 10.7. The Hall–Kier alpha value is -1.37. The third-order valence-electron chi connectivity index (χ3n) is 2.29. The molecule has 0 saturated carbocycles. The molecule has 1 unspecified atom stereocenters. The molecule has 0 spiro atoms. The number of hydrogen-bond donors (Lipinski definition) is 2. The highest BCUT2D eigenvalue weighted by atomic mass is 16.3. The molecule has 0 fully saturated rings. The van der Waals surface area contributed by atoms with E-state index in [1.165, 1.54) is 0 Å². The largest absolute Gasteiger partial charge is 0.394 e. The minimum atomic E-state index is -0.361. The van der Waals surface area contributed by atoms with Crippen LogP contribution in [0.5, 0.6) is 0 Å². The standard InChI is InChI=1S/C11H14N2O/c1-7-3-9(11(13)6-14)4-8(2)10(7)5-12/h3-4,11,14H,6,13H2,1-2H3. The van der Waals surface area contributed by atoms with Crippen molar-refractivity contribution in [3.63, 3.8) is 0 Å². The Kier molecular flexibility index (Phi) is 3.23. The van der Waals surface area contributed by atoms with E-state index in [0.717, 1.165) is 16.7 Å². The van der Waals surface area contributed by atoms with Crippen molar-refractivity contribution in [3.05, 3.63) is 34.4 Å². The summed E-state index contributed by atoms with van der Waals surface area (Å²) >= 11 is 0. The number of hydrogen-bond acceptors (Lipinski definition) is 3. The second-order valence-electron chi connectivity index (χ2n) is 3.43. The lowest BCUT2D eigenvalue weighted by Crippen LogP contribution is -2.15. The monoisotopic (exact) mass is 190 g/mol. The lowest BCUT2D eigenvalue weighted by Gasteiger charge is -2.12. The van der Waals surface area contributed by atoms with Crippen LogP contribution >= 0.6 is 0 Å². The summed E-state index contributed by atoms with van der Waals surface area (Å²) in [5, 5.41) is 17.8. The maximum absolute atomic E-state index is 8.91. The van der Waals surface area contributed by atoms with Gasteiger partial charge in [-0.05, 0) is 30.5 Å². The predicted molar refractivity (Wildman–Crippen MR) is 54.6 cm³/mol. The Morgan fingerprint density at radius 1 is 1.43 bits per heavy atom. The average molecular weight is 190 g/mol. The lowest BCUT2D eigenvalue weighted by atomic mass is 9.97. The van der Waals surface area contributed by atoms with Crippen LogP contribution in [0.15, 0.2) is 12.1 Å². The molecule has 0 aromatic heterocycles. The van der Waals surface area contributed by atoms with Crippen molar-refractivity contribution in [3.8, 4) is 6.07 Å². The molecule has 0 radical (unpaired) electrons. The van der Waals surface area contributed by atoms with Crippen molar-refractivity contribution < 1.29 is 5.11 Å². The number of nitrogens with two attached hydrogens (primary N) is 1. The predicted octanol–water partition coefficient (Wildman–Crippen LogP) is 1.17. The van der Waals surface area contributed by atoms with Gasteiger partial charge in [-0.2, -0.15) is 5.26 Å². The van der Waals surface area contributed by atoms with E-state index < -0.39 is 0 Å². The molecule has 14 heavy (non-hydrogen) atoms. The topological polar surface area (TPSA) is 70.0 Å². The van der Waals surface area contributed by atoms with Gasteiger partial charge in [-0.1, -0.05) is 12.1 Å². The minimum absolute atomic E-state index is 0.0786. The van der Waals surface area contributed by atoms with Gasteiger partial charge in [-0.15, -0.1) is 0 Å². The fourth-order valence-corrected chi connectivity index (χ4v) is 1.49. The van der Waals surface area contributed by atoms with Crippen LogP contribution in [0.25, 0.3) is 0 Å². The Morgan fingerprint density at radius 3 is 2.29 bits per heavy atom. The van der Waals surface area contributed by atoms with E-state index in [-0.39, 0.29) is 12.6 Å². The van der Waals surface area contributed by atoms with Crippen LogP contribution in [-0.2, 0) is 0 Å². The number of nitrogens with zero attached hydrogens (tertiary/aromatic N) is 1. The summed E-state index contributed by atoms with van der Waals surface area (Å²) in [6.45, 7) is 3.67. The average Bonchev–Trinajstić information content (AvgIpc) is 2.16. The summed E-state index contributed by atoms with van der Waals surface area (Å²) in [4.78, 5) is 0. The molecule has 0 aliphatic rings. The third-order valence-corrected chi connectivity index (χ3v) is 2.29. The molecule has 1 aromatic carbocycles. The van der Waals surface area contributed by atoms with Crippen molar-refractivity contribution in [2.45, 2.75) is 19.9 Å². The van der Waals surface area contributed by atoms with Crippen LogP contribution < -0.4 is 5.73 Å². The quantitative estimate of drug-likeness (QED) is 0.735. The van der Waals surface area contributed by atoms with Crippen molar-refractivity contribution in [1.82, 2.24) is 0 Å². The van der Waals surface area contributed by atoms with E-state index in [2.05, 4.69) is 6.07 Å². The summed E-state index contributed by atoms with van der Waals surface area (Å²) in [5.74, 6) is 0. The molecule has 0 bridgehead atoms. The fourth-order valence-electron chi connectivity index (χ4n) is 1.49. The summed E-state index contributed by atoms with van der Waals surface area (Å²) in [6.07, 6.45) is 0. The molecule has 1 aromatic rings. The Balaban J connectivity index is 3.22. The van der Waals surface area contributed by atoms with Crippen molar-refractivity contribution >= 4 is 0 Å². The maximum atomic E-state index is 8.91. The summed E-state index contributed by atoms with van der Waals surface area (Å²) in [6, 6.07) is 5.49. The van der Waals surface area contributed by atoms with Crippen LogP contribution in [0.3, 0.4) is 0 Å². The number of aliphatic hydroxyl groups is 1. The zero-order valence-electron chi connectivity index (χ0n) is 8.41. The second kappa shape index (κ2) is 4.23. The second-order valence-corrected chi connectivity index (χ2v) is 3.43. The smallest absolute Gasteiger partial charge is 0.0997 e. The van der Waals surface area contributed by atoms with Gasteiger partial charge < -0.3 is 10.8 Å². The summed E-state index contributed by atoms with van der Waals surface area (Å²) in [7, 11) is 0. The molecule has 1 rings (SSSR count). The van der Waals surface area contributed by atoms with E-state index in [1.807, 2.05) is 26.0 Å². The first-order valence-corrected chi connectivity index (χ1v) is 4.47. The molecular formula is C11H14N2O. The zero-order chi connectivity index (χ0) is 10.7. The van der Waals surface area contributed by atoms with Gasteiger partial charge in [-0.25, -0.2) is 0 Å². The fraction of sp³-hybridized carbons (Fsp3) is 0.364. The van der Waals surface area contributed by atoms with Crippen molar-refractivity contribution in [2.24, 2.45) is 5.73 Å². The summed E-state index contributed by atoms with van der Waals surface area (Å²) < 4.78 is 0. The molecule has 74 valence electrons. The number of aliphatic hydroxyl groups excluding tert-OH is 1. The number of nitriles is 1. The maximum Gasteiger partial charge on any atom is 0.0997 e. The first-order valence-electron chi connectivity index (χ1n) is 4.47. The molecule has 0 heterocycles. The van der Waals surface area contributed by atoms with Crippen LogP contribution in [0.2, 0.25) is 0 Å². The van der Waals surface area contributed by atoms with Gasteiger partial charge in [0.2, 0.25) is 0 Å². The van der Waals surface area contributed by atoms with Gasteiger partial charge in [-0.3, -0.25) is 0 Å². The van der Waals surface area contributed by atoms with E-state index >= 15 is 0 Å². The van der Waals surface area contributed by atoms with Crippen molar-refractivity contribution in [2.75, 3.05) is 6.61 Å². The number of rotatable bonds is 2. The highest BCUT2D eigenvalue weighted by Crippen LogP contribution is 2.19. The molecule has 0 amide bonds. The molecule has 3 N–H and O–H groups in total. The Bertz CT molecular complexity index is 356. The lowest BCUT2D eigenvalue weighted by molar-refractivity contribution is 0.268. The molecule has 0 aliphatic carbocycles. The number of benzene rings is 1. The van der Waals surface area contributed by atoms with Gasteiger partial charge in [0, 0.05) is 0 Å². The molecular weight excluding hydrogens is 176 g/mol. The number of aryl methyl sites for hydroxylation is 2. The highest BCUT2D eigenvalue weighted by molar-refractivity contribution is 5.46. The highest BCUT2D eigenvalue weighted by Gasteiger charge is 2.09. The first-order chi connectivity index (χ1) is 6.60. The van der Waals surface area contributed by atoms with Crippen molar-refractivity contribution in [1.29, 1.82) is 5.26 Å². The third kappa shape index (κ3) is 1.92. The SMILES string of the molecule is Cc1cc(C(N)CO)cc(C)c1C#N.